The lowest BCUT2D eigenvalue weighted by Gasteiger charge is -2.52. The van der Waals surface area contributed by atoms with Gasteiger partial charge in [-0.1, -0.05) is 69.3 Å². The van der Waals surface area contributed by atoms with E-state index in [2.05, 4.69) is 32.9 Å². The van der Waals surface area contributed by atoms with Gasteiger partial charge in [0.2, 0.25) is 5.91 Å². The molecule has 2 atom stereocenters. The number of amides is 1. The SMILES string of the molecule is CC(C)(C)[C@H]1C(=O)N(c2ccccc2)[C@H]1c1ccccc1. The number of hydrogen-bond acceptors (Lipinski definition) is 1. The Kier molecular flexibility index (Phi) is 3.32. The molecule has 0 radical (unpaired) electrons. The minimum Gasteiger partial charge on any atom is -0.304 e. The molecule has 1 amide bonds. The molecule has 0 aliphatic carbocycles. The molecule has 1 fully saturated rings. The number of carbonyl (C=O) groups is 1. The fraction of sp³-hybridized carbons (Fsp3) is 0.316. The molecule has 3 rings (SSSR count). The van der Waals surface area contributed by atoms with Gasteiger partial charge in [0.15, 0.2) is 0 Å². The van der Waals surface area contributed by atoms with Gasteiger partial charge in [0.25, 0.3) is 0 Å². The first-order valence-corrected chi connectivity index (χ1v) is 7.43. The van der Waals surface area contributed by atoms with Gasteiger partial charge in [-0.3, -0.25) is 4.79 Å². The van der Waals surface area contributed by atoms with E-state index >= 15 is 0 Å². The summed E-state index contributed by atoms with van der Waals surface area (Å²) in [6, 6.07) is 20.4. The topological polar surface area (TPSA) is 20.3 Å². The number of rotatable bonds is 2. The van der Waals surface area contributed by atoms with Crippen LogP contribution in [0.1, 0.15) is 32.4 Å². The van der Waals surface area contributed by atoms with E-state index < -0.39 is 0 Å². The molecule has 2 heteroatoms. The molecule has 108 valence electrons. The third-order valence-corrected chi connectivity index (χ3v) is 4.21. The summed E-state index contributed by atoms with van der Waals surface area (Å²) in [5, 5.41) is 0. The van der Waals surface area contributed by atoms with Crippen molar-refractivity contribution >= 4 is 11.6 Å². The van der Waals surface area contributed by atoms with Gasteiger partial charge in [-0.25, -0.2) is 0 Å². The number of hydrogen-bond donors (Lipinski definition) is 0. The quantitative estimate of drug-likeness (QED) is 0.744. The summed E-state index contributed by atoms with van der Waals surface area (Å²) >= 11 is 0. The summed E-state index contributed by atoms with van der Waals surface area (Å²) in [7, 11) is 0. The first-order valence-electron chi connectivity index (χ1n) is 7.43. The highest BCUT2D eigenvalue weighted by Gasteiger charge is 2.53. The summed E-state index contributed by atoms with van der Waals surface area (Å²) in [5.41, 5.74) is 2.15. The van der Waals surface area contributed by atoms with Crippen LogP contribution in [0.5, 0.6) is 0 Å². The van der Waals surface area contributed by atoms with E-state index in [0.29, 0.717) is 0 Å². The highest BCUT2D eigenvalue weighted by molar-refractivity contribution is 6.03. The van der Waals surface area contributed by atoms with Crippen molar-refractivity contribution in [3.05, 3.63) is 66.2 Å². The van der Waals surface area contributed by atoms with Crippen LogP contribution in [-0.4, -0.2) is 5.91 Å². The zero-order valence-electron chi connectivity index (χ0n) is 12.8. The van der Waals surface area contributed by atoms with Crippen molar-refractivity contribution in [1.82, 2.24) is 0 Å². The van der Waals surface area contributed by atoms with Crippen LogP contribution in [0.25, 0.3) is 0 Å². The van der Waals surface area contributed by atoms with Crippen molar-refractivity contribution < 1.29 is 4.79 Å². The summed E-state index contributed by atoms with van der Waals surface area (Å²) in [5.74, 6) is 0.252. The molecule has 1 saturated heterocycles. The van der Waals surface area contributed by atoms with Crippen LogP contribution >= 0.6 is 0 Å². The predicted molar refractivity (Wildman–Crippen MR) is 86.1 cm³/mol. The average Bonchev–Trinajstić information content (AvgIpc) is 2.45. The fourth-order valence-corrected chi connectivity index (χ4v) is 3.20. The predicted octanol–water partition coefficient (Wildman–Crippen LogP) is 4.44. The largest absolute Gasteiger partial charge is 0.304 e. The lowest BCUT2D eigenvalue weighted by Crippen LogP contribution is -2.59. The molecule has 0 saturated carbocycles. The maximum atomic E-state index is 12.7. The molecule has 2 aromatic rings. The normalized spacial score (nSPS) is 22.0. The van der Waals surface area contributed by atoms with Crippen molar-refractivity contribution in [1.29, 1.82) is 0 Å². The molecule has 0 bridgehead atoms. The van der Waals surface area contributed by atoms with Gasteiger partial charge in [0.05, 0.1) is 12.0 Å². The number of anilines is 1. The Labute approximate surface area is 126 Å². The molecule has 1 aliphatic heterocycles. The fourth-order valence-electron chi connectivity index (χ4n) is 3.20. The minimum atomic E-state index is -0.0388. The molecule has 0 aromatic heterocycles. The van der Waals surface area contributed by atoms with E-state index in [1.54, 1.807) is 0 Å². The lowest BCUT2D eigenvalue weighted by molar-refractivity contribution is -0.135. The summed E-state index contributed by atoms with van der Waals surface area (Å²) in [6.45, 7) is 6.44. The molecular weight excluding hydrogens is 258 g/mol. The molecular formula is C19H21NO. The Morgan fingerprint density at radius 2 is 1.38 bits per heavy atom. The molecule has 1 aliphatic rings. The second-order valence-electron chi connectivity index (χ2n) is 6.74. The maximum Gasteiger partial charge on any atom is 0.233 e. The molecule has 0 unspecified atom stereocenters. The average molecular weight is 279 g/mol. The Morgan fingerprint density at radius 3 is 1.90 bits per heavy atom. The number of benzene rings is 2. The van der Waals surface area contributed by atoms with Crippen molar-refractivity contribution in [2.24, 2.45) is 11.3 Å². The van der Waals surface area contributed by atoms with Crippen molar-refractivity contribution in [3.63, 3.8) is 0 Å². The third-order valence-electron chi connectivity index (χ3n) is 4.21. The molecule has 0 spiro atoms. The zero-order chi connectivity index (χ0) is 15.0. The van der Waals surface area contributed by atoms with Gasteiger partial charge >= 0.3 is 0 Å². The lowest BCUT2D eigenvalue weighted by atomic mass is 9.67. The Balaban J connectivity index is 2.03. The zero-order valence-corrected chi connectivity index (χ0v) is 12.8. The van der Waals surface area contributed by atoms with Gasteiger partial charge in [-0.15, -0.1) is 0 Å². The first kappa shape index (κ1) is 13.9. The van der Waals surface area contributed by atoms with E-state index in [4.69, 9.17) is 0 Å². The smallest absolute Gasteiger partial charge is 0.233 e. The van der Waals surface area contributed by atoms with Crippen LogP contribution < -0.4 is 4.90 Å². The van der Waals surface area contributed by atoms with E-state index in [1.807, 2.05) is 53.4 Å². The van der Waals surface area contributed by atoms with Crippen LogP contribution in [0, 0.1) is 11.3 Å². The van der Waals surface area contributed by atoms with E-state index in [0.717, 1.165) is 5.69 Å². The van der Waals surface area contributed by atoms with Crippen molar-refractivity contribution in [2.45, 2.75) is 26.8 Å². The number of nitrogens with zero attached hydrogens (tertiary/aromatic N) is 1. The van der Waals surface area contributed by atoms with E-state index in [-0.39, 0.29) is 23.3 Å². The van der Waals surface area contributed by atoms with Gasteiger partial charge in [-0.2, -0.15) is 0 Å². The number of carbonyl (C=O) groups excluding carboxylic acids is 1. The van der Waals surface area contributed by atoms with Crippen LogP contribution in [0.3, 0.4) is 0 Å². The number of β-lactam (4-membered cyclic amide) rings is 1. The summed E-state index contributed by atoms with van der Waals surface area (Å²) in [6.07, 6.45) is 0. The van der Waals surface area contributed by atoms with Crippen molar-refractivity contribution in [2.75, 3.05) is 4.90 Å². The van der Waals surface area contributed by atoms with Gasteiger partial charge in [-0.05, 0) is 23.1 Å². The molecule has 21 heavy (non-hydrogen) atoms. The highest BCUT2D eigenvalue weighted by atomic mass is 16.2. The molecule has 2 nitrogen and oxygen atoms in total. The van der Waals surface area contributed by atoms with Gasteiger partial charge in [0.1, 0.15) is 0 Å². The Bertz CT molecular complexity index is 628. The molecule has 2 aromatic carbocycles. The minimum absolute atomic E-state index is 0.0279. The third kappa shape index (κ3) is 2.35. The van der Waals surface area contributed by atoms with Gasteiger partial charge in [0, 0.05) is 5.69 Å². The van der Waals surface area contributed by atoms with E-state index in [9.17, 15) is 4.79 Å². The second-order valence-corrected chi connectivity index (χ2v) is 6.74. The summed E-state index contributed by atoms with van der Waals surface area (Å²) < 4.78 is 0. The number of para-hydroxylation sites is 1. The first-order chi connectivity index (χ1) is 10.00. The van der Waals surface area contributed by atoms with Crippen LogP contribution in [-0.2, 0) is 4.79 Å². The monoisotopic (exact) mass is 279 g/mol. The maximum absolute atomic E-state index is 12.7. The molecule has 0 N–H and O–H groups in total. The van der Waals surface area contributed by atoms with Crippen LogP contribution in [0.15, 0.2) is 60.7 Å². The highest BCUT2D eigenvalue weighted by Crippen LogP contribution is 2.50. The Hall–Kier alpha value is -2.09. The van der Waals surface area contributed by atoms with E-state index in [1.165, 1.54) is 5.56 Å². The Morgan fingerprint density at radius 1 is 0.857 bits per heavy atom. The van der Waals surface area contributed by atoms with Crippen LogP contribution in [0.4, 0.5) is 5.69 Å². The second kappa shape index (κ2) is 5.03. The van der Waals surface area contributed by atoms with Crippen LogP contribution in [0.2, 0.25) is 0 Å². The standard InChI is InChI=1S/C19H21NO/c1-19(2,3)16-17(14-10-6-4-7-11-14)20(18(16)21)15-12-8-5-9-13-15/h4-13,16-17H,1-3H3/t16-,17+/m1/s1. The van der Waals surface area contributed by atoms with Gasteiger partial charge < -0.3 is 4.90 Å². The summed E-state index contributed by atoms with van der Waals surface area (Å²) in [4.78, 5) is 14.7. The van der Waals surface area contributed by atoms with Crippen molar-refractivity contribution in [3.8, 4) is 0 Å². The molecule has 1 heterocycles.